The van der Waals surface area contributed by atoms with Crippen LogP contribution < -0.4 is 10.6 Å². The molecule has 4 N–H and O–H groups in total. The van der Waals surface area contributed by atoms with E-state index in [0.29, 0.717) is 11.8 Å². The van der Waals surface area contributed by atoms with Gasteiger partial charge < -0.3 is 25.4 Å². The number of anilines is 1. The molecule has 0 aliphatic heterocycles. The zero-order chi connectivity index (χ0) is 22.8. The molecule has 2 aliphatic carbocycles. The number of nitrogens with zero attached hydrogens (tertiary/aromatic N) is 3. The summed E-state index contributed by atoms with van der Waals surface area (Å²) in [5, 5.41) is 29.3. The second kappa shape index (κ2) is 9.79. The number of aromatic nitrogens is 3. The van der Waals surface area contributed by atoms with Crippen LogP contribution in [0.5, 0.6) is 0 Å². The number of rotatable bonds is 10. The van der Waals surface area contributed by atoms with Gasteiger partial charge in [0.2, 0.25) is 0 Å². The Hall–Kier alpha value is -2.48. The van der Waals surface area contributed by atoms with Crippen LogP contribution in [0.25, 0.3) is 11.0 Å². The Morgan fingerprint density at radius 1 is 1.00 bits per heavy atom. The molecule has 7 nitrogen and oxygen atoms in total. The maximum atomic E-state index is 10.9. The Balaban J connectivity index is 1.11. The van der Waals surface area contributed by atoms with Gasteiger partial charge in [-0.3, -0.25) is 0 Å². The average Bonchev–Trinajstić information content (AvgIpc) is 3.38. The van der Waals surface area contributed by atoms with E-state index in [2.05, 4.69) is 50.9 Å². The number of benzene rings is 1. The van der Waals surface area contributed by atoms with Gasteiger partial charge in [-0.25, -0.2) is 9.97 Å². The molecular formula is C26H35N5O2. The lowest BCUT2D eigenvalue weighted by Crippen LogP contribution is -2.30. The molecule has 2 aromatic heterocycles. The van der Waals surface area contributed by atoms with Gasteiger partial charge in [-0.2, -0.15) is 0 Å². The van der Waals surface area contributed by atoms with Gasteiger partial charge in [0.25, 0.3) is 0 Å². The quantitative estimate of drug-likeness (QED) is 0.356. The van der Waals surface area contributed by atoms with Crippen molar-refractivity contribution >= 4 is 16.9 Å². The Bertz CT molecular complexity index is 1060. The van der Waals surface area contributed by atoms with Crippen molar-refractivity contribution in [3.05, 3.63) is 54.5 Å². The summed E-state index contributed by atoms with van der Waals surface area (Å²) in [6.45, 7) is 2.05. The van der Waals surface area contributed by atoms with Crippen LogP contribution in [0.2, 0.25) is 0 Å². The van der Waals surface area contributed by atoms with E-state index < -0.39 is 12.2 Å². The molecule has 3 aromatic rings. The van der Waals surface area contributed by atoms with Crippen molar-refractivity contribution in [2.45, 2.75) is 50.4 Å². The summed E-state index contributed by atoms with van der Waals surface area (Å²) in [5.74, 6) is 2.13. The van der Waals surface area contributed by atoms with Crippen LogP contribution >= 0.6 is 0 Å². The first-order chi connectivity index (χ1) is 16.2. The van der Waals surface area contributed by atoms with Crippen molar-refractivity contribution in [1.82, 2.24) is 19.9 Å². The van der Waals surface area contributed by atoms with Gasteiger partial charge in [0.1, 0.15) is 23.9 Å². The maximum absolute atomic E-state index is 10.9. The lowest BCUT2D eigenvalue weighted by atomic mass is 9.96. The standard InChI is InChI=1S/C26H35N5O2/c1-27-25-19-10-13-31(26(19)30-16-29-25)22-15-21(23(32)24(22)33)20-14-18(20)8-5-11-28-12-9-17-6-3-2-4-7-17/h2-4,6-7,10,13,16,18,20-24,28,32-33H,5,8-9,11-12,14-15H2,1H3,(H,27,29,30)/t18-,20+,21+,22+,23+,24-/m0/s1. The molecule has 33 heavy (non-hydrogen) atoms. The Morgan fingerprint density at radius 3 is 2.67 bits per heavy atom. The molecule has 6 atom stereocenters. The summed E-state index contributed by atoms with van der Waals surface area (Å²) < 4.78 is 2.03. The Morgan fingerprint density at radius 2 is 1.85 bits per heavy atom. The number of nitrogens with one attached hydrogen (secondary N) is 2. The second-order valence-corrected chi connectivity index (χ2v) is 9.67. The fourth-order valence-electron chi connectivity index (χ4n) is 5.80. The van der Waals surface area contributed by atoms with Gasteiger partial charge in [0.15, 0.2) is 0 Å². The third kappa shape index (κ3) is 4.63. The minimum absolute atomic E-state index is 0.150. The van der Waals surface area contributed by atoms with Gasteiger partial charge in [0, 0.05) is 13.2 Å². The molecule has 0 bridgehead atoms. The Kier molecular flexibility index (Phi) is 6.62. The fraction of sp³-hybridized carbons (Fsp3) is 0.538. The first-order valence-corrected chi connectivity index (χ1v) is 12.3. The van der Waals surface area contributed by atoms with E-state index in [1.54, 1.807) is 6.33 Å². The van der Waals surface area contributed by atoms with E-state index in [0.717, 1.165) is 49.2 Å². The topological polar surface area (TPSA) is 95.2 Å². The molecule has 0 amide bonds. The number of hydrogen-bond donors (Lipinski definition) is 4. The zero-order valence-electron chi connectivity index (χ0n) is 19.3. The molecule has 176 valence electrons. The first kappa shape index (κ1) is 22.3. The summed E-state index contributed by atoms with van der Waals surface area (Å²) >= 11 is 0. The highest BCUT2D eigenvalue weighted by molar-refractivity contribution is 5.87. The van der Waals surface area contributed by atoms with Crippen molar-refractivity contribution in [3.63, 3.8) is 0 Å². The van der Waals surface area contributed by atoms with Crippen LogP contribution in [-0.2, 0) is 6.42 Å². The van der Waals surface area contributed by atoms with Crippen LogP contribution in [-0.4, -0.2) is 57.1 Å². The minimum atomic E-state index is -0.764. The van der Waals surface area contributed by atoms with Crippen molar-refractivity contribution in [1.29, 1.82) is 0 Å². The first-order valence-electron chi connectivity index (χ1n) is 12.3. The molecule has 0 spiro atoms. The van der Waals surface area contributed by atoms with E-state index in [4.69, 9.17) is 0 Å². The predicted molar refractivity (Wildman–Crippen MR) is 130 cm³/mol. The largest absolute Gasteiger partial charge is 0.390 e. The number of aliphatic hydroxyl groups is 2. The SMILES string of the molecule is CNc1ncnc2c1ccn2[C@@H]1C[C@H]([C@@H]2C[C@@H]2CCCNCCc2ccccc2)[C@@H](O)[C@H]1O. The van der Waals surface area contributed by atoms with Gasteiger partial charge in [-0.15, -0.1) is 0 Å². The molecule has 0 unspecified atom stereocenters. The summed E-state index contributed by atoms with van der Waals surface area (Å²) in [5.41, 5.74) is 2.18. The van der Waals surface area contributed by atoms with Crippen molar-refractivity contribution < 1.29 is 10.2 Å². The second-order valence-electron chi connectivity index (χ2n) is 9.67. The Labute approximate surface area is 195 Å². The third-order valence-electron chi connectivity index (χ3n) is 7.69. The normalized spacial score (nSPS) is 28.9. The average molecular weight is 450 g/mol. The molecule has 0 saturated heterocycles. The molecular weight excluding hydrogens is 414 g/mol. The number of fused-ring (bicyclic) bond motifs is 1. The summed E-state index contributed by atoms with van der Waals surface area (Å²) in [6.07, 6.45) is 7.46. The van der Waals surface area contributed by atoms with Gasteiger partial charge >= 0.3 is 0 Å². The van der Waals surface area contributed by atoms with Crippen molar-refractivity contribution in [3.8, 4) is 0 Å². The summed E-state index contributed by atoms with van der Waals surface area (Å²) in [7, 11) is 1.84. The van der Waals surface area contributed by atoms with Crippen LogP contribution in [0.3, 0.4) is 0 Å². The number of aliphatic hydroxyl groups excluding tert-OH is 2. The van der Waals surface area contributed by atoms with Gasteiger partial charge in [-0.1, -0.05) is 30.3 Å². The molecule has 2 heterocycles. The molecule has 2 saturated carbocycles. The lowest BCUT2D eigenvalue weighted by molar-refractivity contribution is 0.00193. The zero-order valence-corrected chi connectivity index (χ0v) is 19.3. The maximum Gasteiger partial charge on any atom is 0.145 e. The van der Waals surface area contributed by atoms with E-state index in [9.17, 15) is 10.2 Å². The summed E-state index contributed by atoms with van der Waals surface area (Å²) in [4.78, 5) is 8.72. The van der Waals surface area contributed by atoms with Crippen LogP contribution in [0.4, 0.5) is 5.82 Å². The van der Waals surface area contributed by atoms with Crippen LogP contribution in [0, 0.1) is 17.8 Å². The highest BCUT2D eigenvalue weighted by Crippen LogP contribution is 2.54. The molecule has 5 rings (SSSR count). The van der Waals surface area contributed by atoms with Crippen LogP contribution in [0.15, 0.2) is 48.9 Å². The molecule has 2 aliphatic rings. The predicted octanol–water partition coefficient (Wildman–Crippen LogP) is 3.00. The lowest BCUT2D eigenvalue weighted by Gasteiger charge is -2.19. The van der Waals surface area contributed by atoms with Crippen LogP contribution in [0.1, 0.15) is 37.3 Å². The molecule has 0 radical (unpaired) electrons. The third-order valence-corrected chi connectivity index (χ3v) is 7.69. The molecule has 7 heteroatoms. The minimum Gasteiger partial charge on any atom is -0.390 e. The van der Waals surface area contributed by atoms with Crippen molar-refractivity contribution in [2.75, 3.05) is 25.5 Å². The van der Waals surface area contributed by atoms with E-state index >= 15 is 0 Å². The summed E-state index contributed by atoms with van der Waals surface area (Å²) in [6, 6.07) is 12.4. The van der Waals surface area contributed by atoms with Gasteiger partial charge in [-0.05, 0) is 74.6 Å². The highest BCUT2D eigenvalue weighted by atomic mass is 16.3. The van der Waals surface area contributed by atoms with E-state index in [1.807, 2.05) is 23.9 Å². The van der Waals surface area contributed by atoms with Crippen molar-refractivity contribution in [2.24, 2.45) is 17.8 Å². The van der Waals surface area contributed by atoms with E-state index in [1.165, 1.54) is 18.4 Å². The van der Waals surface area contributed by atoms with E-state index in [-0.39, 0.29) is 12.0 Å². The highest BCUT2D eigenvalue weighted by Gasteiger charge is 2.52. The monoisotopic (exact) mass is 449 g/mol. The molecule has 2 fully saturated rings. The van der Waals surface area contributed by atoms with Gasteiger partial charge in [0.05, 0.1) is 17.5 Å². The molecule has 1 aromatic carbocycles. The smallest absolute Gasteiger partial charge is 0.145 e. The fourth-order valence-corrected chi connectivity index (χ4v) is 5.80. The number of hydrogen-bond acceptors (Lipinski definition) is 6.